The first-order chi connectivity index (χ1) is 6.81. The van der Waals surface area contributed by atoms with Gasteiger partial charge in [-0.15, -0.1) is 0 Å². The Labute approximate surface area is 82.6 Å². The molecule has 0 aliphatic carbocycles. The molecule has 74 valence electrons. The standard InChI is InChI=1S/C10H13N3O/c1-7-11-10(14-12-7)4-9-6-13-3-2-8(9)5-13/h4,8H,2-3,5-6H2,1H3. The van der Waals surface area contributed by atoms with Crippen LogP contribution in [0.2, 0.25) is 0 Å². The number of piperidine rings is 1. The van der Waals surface area contributed by atoms with Gasteiger partial charge < -0.3 is 4.52 Å². The highest BCUT2D eigenvalue weighted by atomic mass is 16.5. The number of aromatic nitrogens is 2. The summed E-state index contributed by atoms with van der Waals surface area (Å²) in [5, 5.41) is 3.78. The molecule has 4 heteroatoms. The van der Waals surface area contributed by atoms with Crippen molar-refractivity contribution in [3.05, 3.63) is 17.3 Å². The average molecular weight is 191 g/mol. The van der Waals surface area contributed by atoms with E-state index >= 15 is 0 Å². The van der Waals surface area contributed by atoms with Gasteiger partial charge >= 0.3 is 0 Å². The van der Waals surface area contributed by atoms with Gasteiger partial charge in [0.25, 0.3) is 5.89 Å². The molecule has 14 heavy (non-hydrogen) atoms. The van der Waals surface area contributed by atoms with Crippen molar-refractivity contribution in [1.82, 2.24) is 15.0 Å². The Hall–Kier alpha value is -1.16. The molecule has 0 aromatic carbocycles. The van der Waals surface area contributed by atoms with E-state index in [1.165, 1.54) is 25.1 Å². The molecule has 2 bridgehead atoms. The molecule has 2 aliphatic heterocycles. The Balaban J connectivity index is 1.85. The largest absolute Gasteiger partial charge is 0.335 e. The summed E-state index contributed by atoms with van der Waals surface area (Å²) in [6.07, 6.45) is 3.35. The van der Waals surface area contributed by atoms with Crippen molar-refractivity contribution in [1.29, 1.82) is 0 Å². The number of hydrogen-bond acceptors (Lipinski definition) is 4. The van der Waals surface area contributed by atoms with Gasteiger partial charge in [0.1, 0.15) is 0 Å². The van der Waals surface area contributed by atoms with Gasteiger partial charge in [0.2, 0.25) is 0 Å². The third-order valence-electron chi connectivity index (χ3n) is 3.06. The minimum Gasteiger partial charge on any atom is -0.335 e. The third-order valence-corrected chi connectivity index (χ3v) is 3.06. The molecule has 3 rings (SSSR count). The zero-order valence-electron chi connectivity index (χ0n) is 8.23. The summed E-state index contributed by atoms with van der Waals surface area (Å²) in [6.45, 7) is 5.41. The number of rotatable bonds is 1. The molecule has 0 radical (unpaired) electrons. The lowest BCUT2D eigenvalue weighted by Gasteiger charge is -2.13. The van der Waals surface area contributed by atoms with E-state index in [0.717, 1.165) is 12.5 Å². The van der Waals surface area contributed by atoms with Crippen molar-refractivity contribution in [3.63, 3.8) is 0 Å². The zero-order valence-corrected chi connectivity index (χ0v) is 8.23. The van der Waals surface area contributed by atoms with Crippen LogP contribution in [0.1, 0.15) is 18.1 Å². The first-order valence-electron chi connectivity index (χ1n) is 5.04. The molecule has 2 atom stereocenters. The van der Waals surface area contributed by atoms with Crippen molar-refractivity contribution in [2.75, 3.05) is 19.6 Å². The van der Waals surface area contributed by atoms with E-state index in [1.807, 2.05) is 6.92 Å². The van der Waals surface area contributed by atoms with E-state index in [0.29, 0.717) is 11.7 Å². The van der Waals surface area contributed by atoms with Gasteiger partial charge in [0.05, 0.1) is 0 Å². The van der Waals surface area contributed by atoms with E-state index in [2.05, 4.69) is 21.1 Å². The maximum atomic E-state index is 5.08. The highest BCUT2D eigenvalue weighted by Crippen LogP contribution is 2.33. The minimum atomic E-state index is 0.659. The van der Waals surface area contributed by atoms with Crippen LogP contribution in [0, 0.1) is 12.8 Å². The number of aryl methyl sites for hydroxylation is 1. The van der Waals surface area contributed by atoms with E-state index in [-0.39, 0.29) is 0 Å². The van der Waals surface area contributed by atoms with Crippen LogP contribution in [-0.4, -0.2) is 34.7 Å². The molecule has 1 aromatic heterocycles. The number of fused-ring (bicyclic) bond motifs is 2. The molecule has 2 unspecified atom stereocenters. The molecule has 2 fully saturated rings. The van der Waals surface area contributed by atoms with Crippen LogP contribution in [0.25, 0.3) is 6.08 Å². The van der Waals surface area contributed by atoms with Crippen molar-refractivity contribution in [2.24, 2.45) is 5.92 Å². The molecule has 0 spiro atoms. The molecule has 2 saturated heterocycles. The Morgan fingerprint density at radius 1 is 1.57 bits per heavy atom. The molecule has 2 aliphatic rings. The quantitative estimate of drug-likeness (QED) is 0.666. The second-order valence-corrected chi connectivity index (χ2v) is 4.12. The maximum absolute atomic E-state index is 5.08. The molecular weight excluding hydrogens is 178 g/mol. The van der Waals surface area contributed by atoms with Crippen molar-refractivity contribution in [2.45, 2.75) is 13.3 Å². The van der Waals surface area contributed by atoms with Crippen LogP contribution in [0.15, 0.2) is 10.1 Å². The van der Waals surface area contributed by atoms with Crippen LogP contribution in [-0.2, 0) is 0 Å². The highest BCUT2D eigenvalue weighted by Gasteiger charge is 2.33. The predicted octanol–water partition coefficient (Wildman–Crippen LogP) is 1.10. The summed E-state index contributed by atoms with van der Waals surface area (Å²) < 4.78 is 5.08. The first kappa shape index (κ1) is 8.17. The van der Waals surface area contributed by atoms with Gasteiger partial charge in [-0.2, -0.15) is 4.98 Å². The molecular formula is C10H13N3O. The number of nitrogens with zero attached hydrogens (tertiary/aromatic N) is 3. The Morgan fingerprint density at radius 3 is 3.07 bits per heavy atom. The van der Waals surface area contributed by atoms with Crippen molar-refractivity contribution >= 4 is 6.08 Å². The molecule has 4 nitrogen and oxygen atoms in total. The number of hydrogen-bond donors (Lipinski definition) is 0. The second kappa shape index (κ2) is 2.92. The first-order valence-corrected chi connectivity index (χ1v) is 5.04. The lowest BCUT2D eigenvalue weighted by Crippen LogP contribution is -2.17. The third kappa shape index (κ3) is 1.26. The van der Waals surface area contributed by atoms with E-state index in [1.54, 1.807) is 0 Å². The van der Waals surface area contributed by atoms with Gasteiger partial charge in [-0.05, 0) is 31.4 Å². The van der Waals surface area contributed by atoms with Crippen LogP contribution in [0.3, 0.4) is 0 Å². The van der Waals surface area contributed by atoms with E-state index in [9.17, 15) is 0 Å². The lowest BCUT2D eigenvalue weighted by atomic mass is 9.99. The maximum Gasteiger partial charge on any atom is 0.250 e. The normalized spacial score (nSPS) is 33.1. The lowest BCUT2D eigenvalue weighted by molar-refractivity contribution is 0.391. The topological polar surface area (TPSA) is 42.2 Å². The van der Waals surface area contributed by atoms with Crippen molar-refractivity contribution < 1.29 is 4.52 Å². The summed E-state index contributed by atoms with van der Waals surface area (Å²) >= 11 is 0. The molecule has 3 heterocycles. The van der Waals surface area contributed by atoms with Gasteiger partial charge in [0, 0.05) is 19.2 Å². The fourth-order valence-corrected chi connectivity index (χ4v) is 2.36. The van der Waals surface area contributed by atoms with Crippen LogP contribution in [0.4, 0.5) is 0 Å². The van der Waals surface area contributed by atoms with Crippen molar-refractivity contribution in [3.8, 4) is 0 Å². The molecule has 0 saturated carbocycles. The zero-order chi connectivity index (χ0) is 9.54. The van der Waals surface area contributed by atoms with Gasteiger partial charge in [-0.3, -0.25) is 4.90 Å². The summed E-state index contributed by atoms with van der Waals surface area (Å²) in [7, 11) is 0. The van der Waals surface area contributed by atoms with Gasteiger partial charge in [-0.1, -0.05) is 5.16 Å². The predicted molar refractivity (Wildman–Crippen MR) is 51.6 cm³/mol. The summed E-state index contributed by atoms with van der Waals surface area (Å²) in [6, 6.07) is 0. The monoisotopic (exact) mass is 191 g/mol. The fraction of sp³-hybridized carbons (Fsp3) is 0.600. The summed E-state index contributed by atoms with van der Waals surface area (Å²) in [4.78, 5) is 6.66. The second-order valence-electron chi connectivity index (χ2n) is 4.12. The smallest absolute Gasteiger partial charge is 0.250 e. The van der Waals surface area contributed by atoms with Crippen LogP contribution < -0.4 is 0 Å². The fourth-order valence-electron chi connectivity index (χ4n) is 2.36. The Kier molecular flexibility index (Phi) is 1.70. The Morgan fingerprint density at radius 2 is 2.50 bits per heavy atom. The molecule has 1 aromatic rings. The van der Waals surface area contributed by atoms with E-state index in [4.69, 9.17) is 4.52 Å². The minimum absolute atomic E-state index is 0.659. The molecule has 0 N–H and O–H groups in total. The summed E-state index contributed by atoms with van der Waals surface area (Å²) in [5.74, 6) is 2.11. The average Bonchev–Trinajstić information content (AvgIpc) is 2.82. The summed E-state index contributed by atoms with van der Waals surface area (Å²) in [5.41, 5.74) is 1.46. The molecule has 0 amide bonds. The van der Waals surface area contributed by atoms with E-state index < -0.39 is 0 Å². The SMILES string of the molecule is Cc1noc(C=C2CN3CCC2C3)n1. The van der Waals surface area contributed by atoms with Crippen LogP contribution in [0.5, 0.6) is 0 Å². The van der Waals surface area contributed by atoms with Gasteiger partial charge in [-0.25, -0.2) is 0 Å². The Bertz CT molecular complexity index is 382. The van der Waals surface area contributed by atoms with Gasteiger partial charge in [0.15, 0.2) is 5.82 Å². The van der Waals surface area contributed by atoms with Crippen LogP contribution >= 0.6 is 0 Å². The highest BCUT2D eigenvalue weighted by molar-refractivity contribution is 5.47.